The topological polar surface area (TPSA) is 123 Å². The van der Waals surface area contributed by atoms with Crippen LogP contribution in [0.4, 0.5) is 0 Å². The normalized spacial score (nSPS) is 14.6. The molecule has 0 radical (unpaired) electrons. The lowest BCUT2D eigenvalue weighted by Crippen LogP contribution is -2.40. The number of carboxylic acid groups (broad SMARTS) is 2. The molecule has 1 atom stereocenters. The zero-order valence-electron chi connectivity index (χ0n) is 24.3. The van der Waals surface area contributed by atoms with Crippen LogP contribution in [0.25, 0.3) is 0 Å². The summed E-state index contributed by atoms with van der Waals surface area (Å²) in [6, 6.07) is 22.0. The molecule has 1 saturated heterocycles. The molecule has 0 saturated carbocycles. The average Bonchev–Trinajstić information content (AvgIpc) is 3.01. The molecule has 228 valence electrons. The zero-order valence-corrected chi connectivity index (χ0v) is 24.3. The number of carboxylic acids is 2. The Hall–Kier alpha value is -4.53. The highest BCUT2D eigenvalue weighted by atomic mass is 16.5. The number of benzene rings is 3. The van der Waals surface area contributed by atoms with Crippen molar-refractivity contribution in [1.29, 1.82) is 0 Å². The van der Waals surface area contributed by atoms with E-state index in [1.165, 1.54) is 18.2 Å². The van der Waals surface area contributed by atoms with Crippen molar-refractivity contribution in [3.8, 4) is 17.2 Å². The van der Waals surface area contributed by atoms with Crippen molar-refractivity contribution in [2.45, 2.75) is 44.9 Å². The summed E-state index contributed by atoms with van der Waals surface area (Å²) in [5.41, 5.74) is 1.31. The molecule has 2 N–H and O–H groups in total. The minimum Gasteiger partial charge on any atom is -0.494 e. The van der Waals surface area contributed by atoms with Crippen molar-refractivity contribution >= 4 is 17.8 Å². The fourth-order valence-corrected chi connectivity index (χ4v) is 5.10. The number of nitrogens with zero attached hydrogens (tertiary/aromatic N) is 1. The first-order valence-electron chi connectivity index (χ1n) is 14.8. The van der Waals surface area contributed by atoms with Crippen molar-refractivity contribution in [3.05, 3.63) is 89.5 Å². The number of aromatic carboxylic acids is 1. The third-order valence-corrected chi connectivity index (χ3v) is 7.34. The fraction of sp³-hybridized carbons (Fsp3) is 0.382. The smallest absolute Gasteiger partial charge is 0.335 e. The Kier molecular flexibility index (Phi) is 11.8. The summed E-state index contributed by atoms with van der Waals surface area (Å²) in [6.45, 7) is 2.43. The van der Waals surface area contributed by atoms with E-state index in [1.54, 1.807) is 4.90 Å². The van der Waals surface area contributed by atoms with E-state index in [2.05, 4.69) is 0 Å². The summed E-state index contributed by atoms with van der Waals surface area (Å²) >= 11 is 0. The molecule has 4 rings (SSSR count). The second-order valence-corrected chi connectivity index (χ2v) is 10.7. The standard InChI is InChI=1S/C34H39NO8/c36-32(37)22-26-8-6-18-35(24-26)33(38)30-23-27(34(39)40)14-17-31(30)43-21-7-9-25-12-15-29(16-13-25)42-20-5-4-19-41-28-10-2-1-3-11-28/h1-3,10-17,23,26H,4-9,18-22,24H2,(H,36,37)(H,39,40). The fourth-order valence-electron chi connectivity index (χ4n) is 5.10. The maximum atomic E-state index is 13.4. The molecule has 1 aliphatic heterocycles. The van der Waals surface area contributed by atoms with E-state index in [1.807, 2.05) is 54.6 Å². The Bertz CT molecular complexity index is 1340. The summed E-state index contributed by atoms with van der Waals surface area (Å²) in [5.74, 6) is -0.473. The molecule has 43 heavy (non-hydrogen) atoms. The number of ether oxygens (including phenoxy) is 3. The molecule has 1 fully saturated rings. The highest BCUT2D eigenvalue weighted by Gasteiger charge is 2.28. The molecule has 1 unspecified atom stereocenters. The number of piperidine rings is 1. The molecular formula is C34H39NO8. The Morgan fingerprint density at radius 2 is 1.47 bits per heavy atom. The van der Waals surface area contributed by atoms with Gasteiger partial charge in [0.2, 0.25) is 0 Å². The van der Waals surface area contributed by atoms with Crippen LogP contribution in [-0.2, 0) is 11.2 Å². The highest BCUT2D eigenvalue weighted by Crippen LogP contribution is 2.27. The first-order valence-corrected chi connectivity index (χ1v) is 14.8. The SMILES string of the molecule is O=C(O)CC1CCCN(C(=O)c2cc(C(=O)O)ccc2OCCCc2ccc(OCCCCOc3ccccc3)cc2)C1. The van der Waals surface area contributed by atoms with Crippen LogP contribution in [0.1, 0.15) is 64.8 Å². The number of aliphatic carboxylic acids is 1. The number of likely N-dealkylation sites (tertiary alicyclic amines) is 1. The Morgan fingerprint density at radius 3 is 2.14 bits per heavy atom. The number of carbonyl (C=O) groups excluding carboxylic acids is 1. The van der Waals surface area contributed by atoms with Crippen LogP contribution >= 0.6 is 0 Å². The van der Waals surface area contributed by atoms with Crippen LogP contribution in [0.5, 0.6) is 17.2 Å². The van der Waals surface area contributed by atoms with Crippen molar-refractivity contribution in [1.82, 2.24) is 4.90 Å². The van der Waals surface area contributed by atoms with Crippen molar-refractivity contribution in [2.75, 3.05) is 32.9 Å². The molecule has 1 amide bonds. The molecule has 1 heterocycles. The van der Waals surface area contributed by atoms with Crippen LogP contribution in [0.3, 0.4) is 0 Å². The maximum absolute atomic E-state index is 13.4. The van der Waals surface area contributed by atoms with Crippen LogP contribution < -0.4 is 14.2 Å². The summed E-state index contributed by atoms with van der Waals surface area (Å²) in [5, 5.41) is 18.6. The number of carbonyl (C=O) groups is 3. The molecule has 1 aliphatic rings. The van der Waals surface area contributed by atoms with E-state index in [4.69, 9.17) is 19.3 Å². The first kappa shape index (κ1) is 31.4. The maximum Gasteiger partial charge on any atom is 0.335 e. The molecule has 3 aromatic rings. The summed E-state index contributed by atoms with van der Waals surface area (Å²) in [6.07, 6.45) is 4.70. The molecule has 3 aromatic carbocycles. The number of hydrogen-bond acceptors (Lipinski definition) is 6. The van der Waals surface area contributed by atoms with Gasteiger partial charge in [0.25, 0.3) is 5.91 Å². The Morgan fingerprint density at radius 1 is 0.791 bits per heavy atom. The largest absolute Gasteiger partial charge is 0.494 e. The van der Waals surface area contributed by atoms with E-state index >= 15 is 0 Å². The van der Waals surface area contributed by atoms with Crippen LogP contribution in [0, 0.1) is 5.92 Å². The van der Waals surface area contributed by atoms with Gasteiger partial charge in [0.1, 0.15) is 17.2 Å². The number of para-hydroxylation sites is 1. The predicted octanol–water partition coefficient (Wildman–Crippen LogP) is 5.96. The monoisotopic (exact) mass is 589 g/mol. The van der Waals surface area contributed by atoms with Gasteiger partial charge in [0.05, 0.1) is 30.9 Å². The first-order chi connectivity index (χ1) is 20.9. The van der Waals surface area contributed by atoms with Gasteiger partial charge in [0.15, 0.2) is 0 Å². The minimum absolute atomic E-state index is 0.0000264. The Labute approximate surface area is 252 Å². The molecule has 0 aromatic heterocycles. The van der Waals surface area contributed by atoms with Gasteiger partial charge in [-0.1, -0.05) is 30.3 Å². The number of aryl methyl sites for hydroxylation is 1. The lowest BCUT2D eigenvalue weighted by molar-refractivity contribution is -0.138. The Balaban J connectivity index is 1.22. The lowest BCUT2D eigenvalue weighted by atomic mass is 9.94. The number of rotatable bonds is 16. The second-order valence-electron chi connectivity index (χ2n) is 10.7. The third-order valence-electron chi connectivity index (χ3n) is 7.34. The van der Waals surface area contributed by atoms with Crippen molar-refractivity contribution in [2.24, 2.45) is 5.92 Å². The van der Waals surface area contributed by atoms with Gasteiger partial charge in [-0.15, -0.1) is 0 Å². The molecule has 0 bridgehead atoms. The second kappa shape index (κ2) is 16.2. The summed E-state index contributed by atoms with van der Waals surface area (Å²) in [7, 11) is 0. The van der Waals surface area contributed by atoms with Gasteiger partial charge in [0, 0.05) is 19.5 Å². The van der Waals surface area contributed by atoms with Crippen molar-refractivity contribution in [3.63, 3.8) is 0 Å². The van der Waals surface area contributed by atoms with E-state index in [-0.39, 0.29) is 29.4 Å². The predicted molar refractivity (Wildman–Crippen MR) is 161 cm³/mol. The van der Waals surface area contributed by atoms with Gasteiger partial charge < -0.3 is 29.3 Å². The molecule has 9 heteroatoms. The molecule has 0 spiro atoms. The summed E-state index contributed by atoms with van der Waals surface area (Å²) < 4.78 is 17.5. The lowest BCUT2D eigenvalue weighted by Gasteiger charge is -2.32. The van der Waals surface area contributed by atoms with E-state index in [9.17, 15) is 19.5 Å². The van der Waals surface area contributed by atoms with Crippen LogP contribution in [0.15, 0.2) is 72.8 Å². The highest BCUT2D eigenvalue weighted by molar-refractivity contribution is 6.00. The third kappa shape index (κ3) is 10.1. The van der Waals surface area contributed by atoms with Gasteiger partial charge in [-0.2, -0.15) is 0 Å². The zero-order chi connectivity index (χ0) is 30.4. The average molecular weight is 590 g/mol. The molecular weight excluding hydrogens is 550 g/mol. The van der Waals surface area contributed by atoms with E-state index in [0.29, 0.717) is 51.5 Å². The van der Waals surface area contributed by atoms with E-state index < -0.39 is 11.9 Å². The minimum atomic E-state index is -1.13. The van der Waals surface area contributed by atoms with Gasteiger partial charge in [-0.25, -0.2) is 4.79 Å². The van der Waals surface area contributed by atoms with Crippen LogP contribution in [0.2, 0.25) is 0 Å². The summed E-state index contributed by atoms with van der Waals surface area (Å²) in [4.78, 5) is 37.7. The molecule has 0 aliphatic carbocycles. The van der Waals surface area contributed by atoms with Gasteiger partial charge >= 0.3 is 11.9 Å². The van der Waals surface area contributed by atoms with Gasteiger partial charge in [-0.05, 0) is 92.5 Å². The van der Waals surface area contributed by atoms with Gasteiger partial charge in [-0.3, -0.25) is 9.59 Å². The number of unbranched alkanes of at least 4 members (excludes halogenated alkanes) is 1. The quantitative estimate of drug-likeness (QED) is 0.196. The number of hydrogen-bond donors (Lipinski definition) is 2. The van der Waals surface area contributed by atoms with E-state index in [0.717, 1.165) is 42.7 Å². The molecule has 9 nitrogen and oxygen atoms in total. The van der Waals surface area contributed by atoms with Crippen LogP contribution in [-0.4, -0.2) is 65.9 Å². The number of amides is 1. The van der Waals surface area contributed by atoms with Crippen molar-refractivity contribution < 1.29 is 38.8 Å².